The number of benzene rings is 1. The summed E-state index contributed by atoms with van der Waals surface area (Å²) >= 11 is 0. The molecule has 1 aliphatic rings. The number of nitrogens with one attached hydrogen (secondary N) is 2. The van der Waals surface area contributed by atoms with E-state index in [2.05, 4.69) is 15.6 Å². The molecule has 8 nitrogen and oxygen atoms in total. The molecule has 3 rings (SSSR count). The van der Waals surface area contributed by atoms with Crippen LogP contribution in [0, 0.1) is 0 Å². The number of carbonyl (C=O) groups excluding carboxylic acids is 2. The molecule has 1 aliphatic heterocycles. The van der Waals surface area contributed by atoms with Crippen molar-refractivity contribution in [3.63, 3.8) is 0 Å². The van der Waals surface area contributed by atoms with Crippen LogP contribution in [0.2, 0.25) is 0 Å². The van der Waals surface area contributed by atoms with Gasteiger partial charge in [0.05, 0.1) is 17.6 Å². The van der Waals surface area contributed by atoms with Gasteiger partial charge in [0.1, 0.15) is 0 Å². The monoisotopic (exact) mass is 385 g/mol. The van der Waals surface area contributed by atoms with Crippen molar-refractivity contribution in [3.05, 3.63) is 34.6 Å². The third-order valence-electron chi connectivity index (χ3n) is 4.70. The molecular formula is C20H27N5O3. The Labute approximate surface area is 163 Å². The Morgan fingerprint density at radius 2 is 1.86 bits per heavy atom. The SMILES string of the molecule is CC(C)NC(=O)CNC(=O)CCn1c(=O)c(N2CCCC2)nc2ccccc21. The molecule has 1 aromatic heterocycles. The number of hydrogen-bond donors (Lipinski definition) is 2. The standard InChI is InChI=1S/C20H27N5O3/c1-14(2)22-18(27)13-21-17(26)9-12-25-16-8-4-3-7-15(16)23-19(20(25)28)24-10-5-6-11-24/h3-4,7-8,14H,5-6,9-13H2,1-2H3,(H,21,26)(H,22,27). The number of amides is 2. The number of aromatic nitrogens is 2. The second-order valence-corrected chi connectivity index (χ2v) is 7.32. The Balaban J connectivity index is 1.74. The highest BCUT2D eigenvalue weighted by molar-refractivity contribution is 5.85. The Bertz CT molecular complexity index is 916. The van der Waals surface area contributed by atoms with Gasteiger partial charge in [0.25, 0.3) is 5.56 Å². The van der Waals surface area contributed by atoms with E-state index in [9.17, 15) is 14.4 Å². The van der Waals surface area contributed by atoms with Gasteiger partial charge in [0.2, 0.25) is 11.8 Å². The topological polar surface area (TPSA) is 96.3 Å². The quantitative estimate of drug-likeness (QED) is 0.742. The lowest BCUT2D eigenvalue weighted by atomic mass is 10.2. The molecule has 1 aromatic carbocycles. The molecule has 1 fully saturated rings. The van der Waals surface area contributed by atoms with Gasteiger partial charge >= 0.3 is 0 Å². The molecule has 0 atom stereocenters. The molecule has 0 spiro atoms. The fourth-order valence-corrected chi connectivity index (χ4v) is 3.39. The fraction of sp³-hybridized carbons (Fsp3) is 0.500. The Morgan fingerprint density at radius 3 is 2.57 bits per heavy atom. The van der Waals surface area contributed by atoms with E-state index in [1.807, 2.05) is 43.0 Å². The first-order valence-electron chi connectivity index (χ1n) is 9.76. The molecule has 2 N–H and O–H groups in total. The van der Waals surface area contributed by atoms with E-state index in [1.165, 1.54) is 0 Å². The second-order valence-electron chi connectivity index (χ2n) is 7.32. The van der Waals surface area contributed by atoms with E-state index in [-0.39, 0.29) is 42.9 Å². The van der Waals surface area contributed by atoms with Crippen LogP contribution < -0.4 is 21.1 Å². The molecule has 1 saturated heterocycles. The maximum absolute atomic E-state index is 13.0. The molecule has 0 aliphatic carbocycles. The summed E-state index contributed by atoms with van der Waals surface area (Å²) in [5.74, 6) is -0.0476. The number of para-hydroxylation sites is 2. The van der Waals surface area contributed by atoms with Gasteiger partial charge < -0.3 is 20.1 Å². The molecule has 28 heavy (non-hydrogen) atoms. The maximum atomic E-state index is 13.0. The van der Waals surface area contributed by atoms with Crippen LogP contribution in [0.5, 0.6) is 0 Å². The predicted octanol–water partition coefficient (Wildman–Crippen LogP) is 1.03. The molecule has 0 unspecified atom stereocenters. The first kappa shape index (κ1) is 19.9. The van der Waals surface area contributed by atoms with Crippen molar-refractivity contribution in [1.29, 1.82) is 0 Å². The van der Waals surface area contributed by atoms with Crippen molar-refractivity contribution >= 4 is 28.7 Å². The lowest BCUT2D eigenvalue weighted by Crippen LogP contribution is -2.40. The average molecular weight is 385 g/mol. The summed E-state index contributed by atoms with van der Waals surface area (Å²) in [7, 11) is 0. The highest BCUT2D eigenvalue weighted by atomic mass is 16.2. The van der Waals surface area contributed by atoms with Gasteiger partial charge in [-0.1, -0.05) is 12.1 Å². The van der Waals surface area contributed by atoms with Crippen LogP contribution in [-0.2, 0) is 16.1 Å². The number of aryl methyl sites for hydroxylation is 1. The van der Waals surface area contributed by atoms with Crippen LogP contribution >= 0.6 is 0 Å². The molecule has 2 aromatic rings. The van der Waals surface area contributed by atoms with E-state index in [0.717, 1.165) is 31.4 Å². The van der Waals surface area contributed by atoms with E-state index >= 15 is 0 Å². The van der Waals surface area contributed by atoms with Crippen LogP contribution in [0.25, 0.3) is 11.0 Å². The number of fused-ring (bicyclic) bond motifs is 1. The lowest BCUT2D eigenvalue weighted by molar-refractivity contribution is -0.126. The minimum absolute atomic E-state index is 0.0233. The van der Waals surface area contributed by atoms with Gasteiger partial charge in [-0.25, -0.2) is 4.98 Å². The summed E-state index contributed by atoms with van der Waals surface area (Å²) in [4.78, 5) is 43.4. The van der Waals surface area contributed by atoms with Crippen LogP contribution in [0.4, 0.5) is 5.82 Å². The smallest absolute Gasteiger partial charge is 0.294 e. The Hall–Kier alpha value is -2.90. The molecule has 2 heterocycles. The van der Waals surface area contributed by atoms with Gasteiger partial charge in [0.15, 0.2) is 5.82 Å². The van der Waals surface area contributed by atoms with Crippen LogP contribution in [0.15, 0.2) is 29.1 Å². The average Bonchev–Trinajstić information content (AvgIpc) is 3.19. The number of nitrogens with zero attached hydrogens (tertiary/aromatic N) is 3. The summed E-state index contributed by atoms with van der Waals surface area (Å²) < 4.78 is 1.61. The Kier molecular flexibility index (Phi) is 6.28. The molecule has 0 radical (unpaired) electrons. The van der Waals surface area contributed by atoms with E-state index in [0.29, 0.717) is 11.3 Å². The number of carbonyl (C=O) groups is 2. The zero-order chi connectivity index (χ0) is 20.1. The normalized spacial score (nSPS) is 13.9. The first-order valence-corrected chi connectivity index (χ1v) is 9.76. The predicted molar refractivity (Wildman–Crippen MR) is 108 cm³/mol. The minimum atomic E-state index is -0.269. The first-order chi connectivity index (χ1) is 13.5. The Morgan fingerprint density at radius 1 is 1.14 bits per heavy atom. The number of hydrogen-bond acceptors (Lipinski definition) is 5. The summed E-state index contributed by atoms with van der Waals surface area (Å²) in [5, 5.41) is 5.32. The summed E-state index contributed by atoms with van der Waals surface area (Å²) in [6.45, 7) is 5.54. The van der Waals surface area contributed by atoms with Crippen LogP contribution in [0.1, 0.15) is 33.1 Å². The van der Waals surface area contributed by atoms with Gasteiger partial charge in [-0.2, -0.15) is 0 Å². The molecule has 150 valence electrons. The van der Waals surface area contributed by atoms with Gasteiger partial charge in [-0.05, 0) is 38.8 Å². The van der Waals surface area contributed by atoms with Crippen molar-refractivity contribution in [1.82, 2.24) is 20.2 Å². The largest absolute Gasteiger partial charge is 0.352 e. The third kappa shape index (κ3) is 4.68. The van der Waals surface area contributed by atoms with Crippen molar-refractivity contribution in [3.8, 4) is 0 Å². The van der Waals surface area contributed by atoms with Crippen LogP contribution in [-0.4, -0.2) is 47.0 Å². The lowest BCUT2D eigenvalue weighted by Gasteiger charge is -2.19. The summed E-state index contributed by atoms with van der Waals surface area (Å²) in [5.41, 5.74) is 1.27. The van der Waals surface area contributed by atoms with Crippen LogP contribution in [0.3, 0.4) is 0 Å². The molecule has 0 saturated carbocycles. The van der Waals surface area contributed by atoms with E-state index in [1.54, 1.807) is 4.57 Å². The number of rotatable bonds is 7. The summed E-state index contributed by atoms with van der Waals surface area (Å²) in [6.07, 6.45) is 2.21. The van der Waals surface area contributed by atoms with Crippen molar-refractivity contribution in [2.45, 2.75) is 45.7 Å². The zero-order valence-corrected chi connectivity index (χ0v) is 16.4. The maximum Gasteiger partial charge on any atom is 0.294 e. The molecule has 8 heteroatoms. The molecular weight excluding hydrogens is 358 g/mol. The van der Waals surface area contributed by atoms with Gasteiger partial charge in [0, 0.05) is 32.1 Å². The highest BCUT2D eigenvalue weighted by Crippen LogP contribution is 2.18. The fourth-order valence-electron chi connectivity index (χ4n) is 3.39. The summed E-state index contributed by atoms with van der Waals surface area (Å²) in [6, 6.07) is 7.48. The van der Waals surface area contributed by atoms with Crippen molar-refractivity contribution < 1.29 is 9.59 Å². The van der Waals surface area contributed by atoms with E-state index in [4.69, 9.17) is 0 Å². The van der Waals surface area contributed by atoms with Crippen molar-refractivity contribution in [2.75, 3.05) is 24.5 Å². The van der Waals surface area contributed by atoms with Gasteiger partial charge in [-0.15, -0.1) is 0 Å². The highest BCUT2D eigenvalue weighted by Gasteiger charge is 2.20. The number of anilines is 1. The second kappa shape index (κ2) is 8.86. The zero-order valence-electron chi connectivity index (χ0n) is 16.4. The molecule has 2 amide bonds. The molecule has 0 bridgehead atoms. The van der Waals surface area contributed by atoms with Gasteiger partial charge in [-0.3, -0.25) is 14.4 Å². The minimum Gasteiger partial charge on any atom is -0.352 e. The third-order valence-corrected chi connectivity index (χ3v) is 4.70. The van der Waals surface area contributed by atoms with Crippen molar-refractivity contribution in [2.24, 2.45) is 0 Å². The van der Waals surface area contributed by atoms with E-state index < -0.39 is 0 Å².